The SMILES string of the molecule is CCC1(CC)CN(CCc2noc(C)n2)CCN1. The highest BCUT2D eigenvalue weighted by atomic mass is 16.5. The highest BCUT2D eigenvalue weighted by Crippen LogP contribution is 2.19. The van der Waals surface area contributed by atoms with E-state index in [0.717, 1.165) is 38.4 Å². The van der Waals surface area contributed by atoms with Crippen LogP contribution in [0.25, 0.3) is 0 Å². The lowest BCUT2D eigenvalue weighted by Crippen LogP contribution is -2.60. The number of rotatable bonds is 5. The van der Waals surface area contributed by atoms with Crippen LogP contribution >= 0.6 is 0 Å². The van der Waals surface area contributed by atoms with E-state index in [0.29, 0.717) is 11.4 Å². The average molecular weight is 252 g/mol. The fourth-order valence-electron chi connectivity index (χ4n) is 2.66. The Kier molecular flexibility index (Phi) is 4.35. The molecule has 2 heterocycles. The maximum Gasteiger partial charge on any atom is 0.223 e. The second kappa shape index (κ2) is 5.80. The van der Waals surface area contributed by atoms with Crippen LogP contribution in [0.3, 0.4) is 0 Å². The third-order valence-corrected chi connectivity index (χ3v) is 4.03. The Balaban J connectivity index is 1.86. The molecule has 0 aliphatic carbocycles. The minimum Gasteiger partial charge on any atom is -0.340 e. The third kappa shape index (κ3) is 3.09. The zero-order valence-corrected chi connectivity index (χ0v) is 11.7. The van der Waals surface area contributed by atoms with Gasteiger partial charge in [-0.05, 0) is 12.8 Å². The van der Waals surface area contributed by atoms with Crippen LogP contribution < -0.4 is 5.32 Å². The maximum atomic E-state index is 5.00. The van der Waals surface area contributed by atoms with Crippen molar-refractivity contribution >= 4 is 0 Å². The molecule has 0 bridgehead atoms. The van der Waals surface area contributed by atoms with Gasteiger partial charge in [0.15, 0.2) is 5.82 Å². The fourth-order valence-corrected chi connectivity index (χ4v) is 2.66. The van der Waals surface area contributed by atoms with Crippen LogP contribution in [0, 0.1) is 6.92 Å². The Morgan fingerprint density at radius 1 is 1.39 bits per heavy atom. The van der Waals surface area contributed by atoms with E-state index in [2.05, 4.69) is 34.2 Å². The van der Waals surface area contributed by atoms with E-state index in [1.807, 2.05) is 6.92 Å². The molecule has 0 amide bonds. The summed E-state index contributed by atoms with van der Waals surface area (Å²) >= 11 is 0. The lowest BCUT2D eigenvalue weighted by Gasteiger charge is -2.43. The summed E-state index contributed by atoms with van der Waals surface area (Å²) in [5.41, 5.74) is 0.297. The zero-order chi connectivity index (χ0) is 13.0. The van der Waals surface area contributed by atoms with Gasteiger partial charge in [0, 0.05) is 45.1 Å². The molecule has 1 aromatic heterocycles. The third-order valence-electron chi connectivity index (χ3n) is 4.03. The van der Waals surface area contributed by atoms with E-state index in [4.69, 9.17) is 4.52 Å². The number of hydrogen-bond acceptors (Lipinski definition) is 5. The van der Waals surface area contributed by atoms with Crippen LogP contribution in [0.5, 0.6) is 0 Å². The molecular weight excluding hydrogens is 228 g/mol. The van der Waals surface area contributed by atoms with Crippen molar-refractivity contribution < 1.29 is 4.52 Å². The molecule has 1 aromatic rings. The van der Waals surface area contributed by atoms with Crippen molar-refractivity contribution in [2.45, 2.75) is 45.6 Å². The zero-order valence-electron chi connectivity index (χ0n) is 11.7. The molecule has 1 aliphatic rings. The van der Waals surface area contributed by atoms with Gasteiger partial charge in [-0.2, -0.15) is 4.98 Å². The van der Waals surface area contributed by atoms with Crippen LogP contribution in [0.1, 0.15) is 38.4 Å². The molecule has 102 valence electrons. The molecule has 0 aromatic carbocycles. The van der Waals surface area contributed by atoms with Gasteiger partial charge in [-0.15, -0.1) is 0 Å². The van der Waals surface area contributed by atoms with Gasteiger partial charge in [-0.3, -0.25) is 4.90 Å². The summed E-state index contributed by atoms with van der Waals surface area (Å²) in [7, 11) is 0. The topological polar surface area (TPSA) is 54.2 Å². The first kappa shape index (κ1) is 13.5. The van der Waals surface area contributed by atoms with Gasteiger partial charge >= 0.3 is 0 Å². The van der Waals surface area contributed by atoms with E-state index in [9.17, 15) is 0 Å². The first-order valence-electron chi connectivity index (χ1n) is 6.94. The van der Waals surface area contributed by atoms with Crippen molar-refractivity contribution in [1.29, 1.82) is 0 Å². The molecule has 0 atom stereocenters. The van der Waals surface area contributed by atoms with Crippen molar-refractivity contribution in [1.82, 2.24) is 20.4 Å². The monoisotopic (exact) mass is 252 g/mol. The Bertz CT molecular complexity index is 373. The maximum absolute atomic E-state index is 5.00. The van der Waals surface area contributed by atoms with E-state index in [-0.39, 0.29) is 0 Å². The lowest BCUT2D eigenvalue weighted by molar-refractivity contribution is 0.124. The van der Waals surface area contributed by atoms with Crippen LogP contribution in [-0.4, -0.2) is 46.8 Å². The highest BCUT2D eigenvalue weighted by molar-refractivity contribution is 4.94. The number of nitrogens with one attached hydrogen (secondary N) is 1. The first-order valence-corrected chi connectivity index (χ1v) is 6.94. The minimum atomic E-state index is 0.297. The summed E-state index contributed by atoms with van der Waals surface area (Å²) in [6.07, 6.45) is 3.24. The minimum absolute atomic E-state index is 0.297. The molecule has 0 spiro atoms. The Morgan fingerprint density at radius 3 is 2.78 bits per heavy atom. The Labute approximate surface area is 109 Å². The molecular formula is C13H24N4O. The predicted molar refractivity (Wildman–Crippen MR) is 70.5 cm³/mol. The summed E-state index contributed by atoms with van der Waals surface area (Å²) in [4.78, 5) is 6.76. The smallest absolute Gasteiger partial charge is 0.223 e. The van der Waals surface area contributed by atoms with Crippen molar-refractivity contribution in [2.75, 3.05) is 26.2 Å². The van der Waals surface area contributed by atoms with Crippen molar-refractivity contribution in [3.05, 3.63) is 11.7 Å². The quantitative estimate of drug-likeness (QED) is 0.858. The molecule has 1 aliphatic heterocycles. The fraction of sp³-hybridized carbons (Fsp3) is 0.846. The highest BCUT2D eigenvalue weighted by Gasteiger charge is 2.31. The van der Waals surface area contributed by atoms with E-state index in [1.165, 1.54) is 12.8 Å². The normalized spacial score (nSPS) is 20.2. The predicted octanol–water partition coefficient (Wildman–Crippen LogP) is 1.38. The summed E-state index contributed by atoms with van der Waals surface area (Å²) in [6, 6.07) is 0. The standard InChI is InChI=1S/C13H24N4O/c1-4-13(5-2)10-17(9-7-14-13)8-6-12-15-11(3)18-16-12/h14H,4-10H2,1-3H3. The summed E-state index contributed by atoms with van der Waals surface area (Å²) in [5.74, 6) is 1.48. The summed E-state index contributed by atoms with van der Waals surface area (Å²) in [5, 5.41) is 7.62. The molecule has 1 fully saturated rings. The van der Waals surface area contributed by atoms with E-state index in [1.54, 1.807) is 0 Å². The molecule has 1 N–H and O–H groups in total. The second-order valence-corrected chi connectivity index (χ2v) is 5.17. The van der Waals surface area contributed by atoms with Crippen molar-refractivity contribution in [3.8, 4) is 0 Å². The van der Waals surface area contributed by atoms with Crippen LogP contribution in [0.2, 0.25) is 0 Å². The number of nitrogens with zero attached hydrogens (tertiary/aromatic N) is 3. The molecule has 5 heteroatoms. The first-order chi connectivity index (χ1) is 8.67. The Hall–Kier alpha value is -0.940. The number of hydrogen-bond donors (Lipinski definition) is 1. The van der Waals surface area contributed by atoms with Gasteiger partial charge in [0.2, 0.25) is 5.89 Å². The van der Waals surface area contributed by atoms with Crippen molar-refractivity contribution in [3.63, 3.8) is 0 Å². The molecule has 0 radical (unpaired) electrons. The van der Waals surface area contributed by atoms with Gasteiger partial charge in [-0.25, -0.2) is 0 Å². The number of piperazine rings is 1. The van der Waals surface area contributed by atoms with Gasteiger partial charge < -0.3 is 9.84 Å². The van der Waals surface area contributed by atoms with Gasteiger partial charge in [-0.1, -0.05) is 19.0 Å². The lowest BCUT2D eigenvalue weighted by atomic mass is 9.90. The average Bonchev–Trinajstić information content (AvgIpc) is 2.82. The van der Waals surface area contributed by atoms with Crippen LogP contribution in [0.4, 0.5) is 0 Å². The van der Waals surface area contributed by atoms with Crippen molar-refractivity contribution in [2.24, 2.45) is 0 Å². The van der Waals surface area contributed by atoms with E-state index >= 15 is 0 Å². The molecule has 5 nitrogen and oxygen atoms in total. The molecule has 0 saturated carbocycles. The van der Waals surface area contributed by atoms with E-state index < -0.39 is 0 Å². The second-order valence-electron chi connectivity index (χ2n) is 5.17. The van der Waals surface area contributed by atoms with Gasteiger partial charge in [0.1, 0.15) is 0 Å². The largest absolute Gasteiger partial charge is 0.340 e. The molecule has 0 unspecified atom stereocenters. The summed E-state index contributed by atoms with van der Waals surface area (Å²) < 4.78 is 5.00. The molecule has 2 rings (SSSR count). The van der Waals surface area contributed by atoms with Gasteiger partial charge in [0.05, 0.1) is 0 Å². The van der Waals surface area contributed by atoms with Crippen LogP contribution in [-0.2, 0) is 6.42 Å². The van der Waals surface area contributed by atoms with Crippen LogP contribution in [0.15, 0.2) is 4.52 Å². The Morgan fingerprint density at radius 2 is 2.17 bits per heavy atom. The molecule has 18 heavy (non-hydrogen) atoms. The van der Waals surface area contributed by atoms with Gasteiger partial charge in [0.25, 0.3) is 0 Å². The molecule has 1 saturated heterocycles. The summed E-state index contributed by atoms with van der Waals surface area (Å²) in [6.45, 7) is 10.7. The number of aryl methyl sites for hydroxylation is 1. The number of aromatic nitrogens is 2.